The summed E-state index contributed by atoms with van der Waals surface area (Å²) < 4.78 is 40.9. The van der Waals surface area contributed by atoms with E-state index >= 15 is 0 Å². The molecular weight excluding hydrogens is 479 g/mol. The Balaban J connectivity index is 1.46. The summed E-state index contributed by atoms with van der Waals surface area (Å²) in [5, 5.41) is 16.2. The first-order valence-corrected chi connectivity index (χ1v) is 11.3. The van der Waals surface area contributed by atoms with Gasteiger partial charge in [-0.05, 0) is 66.1 Å². The van der Waals surface area contributed by atoms with E-state index in [1.165, 1.54) is 12.1 Å². The highest BCUT2D eigenvalue weighted by Gasteiger charge is 2.34. The maximum atomic E-state index is 12.7. The number of carbonyl (C=O) groups excluding carboxylic acids is 1. The van der Waals surface area contributed by atoms with Crippen molar-refractivity contribution in [1.82, 2.24) is 10.6 Å². The van der Waals surface area contributed by atoms with Crippen molar-refractivity contribution in [2.45, 2.75) is 30.8 Å². The second-order valence-corrected chi connectivity index (χ2v) is 8.69. The summed E-state index contributed by atoms with van der Waals surface area (Å²) in [5.74, 6) is -0.803. The normalized spacial score (nSPS) is 18.5. The topological polar surface area (TPSA) is 74.2 Å². The number of alkyl halides is 3. The number of hydrogen-bond donors (Lipinski definition) is 2. The van der Waals surface area contributed by atoms with Crippen molar-refractivity contribution in [3.63, 3.8) is 0 Å². The summed E-state index contributed by atoms with van der Waals surface area (Å²) in [7, 11) is 0. The lowest BCUT2D eigenvalue weighted by Crippen LogP contribution is -2.36. The predicted octanol–water partition coefficient (Wildman–Crippen LogP) is 5.40. The smallest absolute Gasteiger partial charge is 0.406 e. The quantitative estimate of drug-likeness (QED) is 0.476. The Morgan fingerprint density at radius 1 is 1.03 bits per heavy atom. The van der Waals surface area contributed by atoms with E-state index in [0.717, 1.165) is 23.3 Å². The molecule has 1 aliphatic heterocycles. The number of halogens is 4. The lowest BCUT2D eigenvalue weighted by molar-refractivity contribution is -0.274. The van der Waals surface area contributed by atoms with Crippen LogP contribution in [0.4, 0.5) is 13.2 Å². The van der Waals surface area contributed by atoms with Gasteiger partial charge >= 0.3 is 6.36 Å². The molecule has 3 unspecified atom stereocenters. The zero-order valence-corrected chi connectivity index (χ0v) is 19.1. The third-order valence-corrected chi connectivity index (χ3v) is 6.13. The summed E-state index contributed by atoms with van der Waals surface area (Å²) in [4.78, 5) is 12.7. The van der Waals surface area contributed by atoms with E-state index in [4.69, 9.17) is 16.9 Å². The highest BCUT2D eigenvalue weighted by atomic mass is 35.5. The van der Waals surface area contributed by atoms with Crippen LogP contribution in [-0.2, 0) is 0 Å². The Morgan fingerprint density at radius 2 is 1.63 bits per heavy atom. The number of benzene rings is 3. The van der Waals surface area contributed by atoms with Crippen LogP contribution in [0, 0.1) is 11.3 Å². The molecule has 3 aromatic carbocycles. The Kier molecular flexibility index (Phi) is 7.29. The van der Waals surface area contributed by atoms with Crippen LogP contribution in [0.2, 0.25) is 5.02 Å². The number of ether oxygens (including phenoxy) is 1. The van der Waals surface area contributed by atoms with Crippen molar-refractivity contribution in [1.29, 1.82) is 5.26 Å². The van der Waals surface area contributed by atoms with Crippen LogP contribution in [-0.4, -0.2) is 30.9 Å². The van der Waals surface area contributed by atoms with Gasteiger partial charge in [-0.3, -0.25) is 4.79 Å². The van der Waals surface area contributed by atoms with E-state index in [-0.39, 0.29) is 35.2 Å². The molecule has 0 aromatic heterocycles. The van der Waals surface area contributed by atoms with Crippen molar-refractivity contribution in [2.24, 2.45) is 0 Å². The van der Waals surface area contributed by atoms with E-state index in [1.54, 1.807) is 12.1 Å². The Hall–Kier alpha value is -3.54. The number of rotatable bonds is 6. The van der Waals surface area contributed by atoms with Crippen molar-refractivity contribution >= 4 is 17.5 Å². The molecule has 3 atom stereocenters. The van der Waals surface area contributed by atoms with Gasteiger partial charge < -0.3 is 15.4 Å². The third kappa shape index (κ3) is 6.32. The van der Waals surface area contributed by atoms with Crippen LogP contribution in [0.25, 0.3) is 0 Å². The van der Waals surface area contributed by atoms with Crippen LogP contribution in [0.3, 0.4) is 0 Å². The number of carbonyl (C=O) groups is 1. The molecule has 3 aromatic rings. The SMILES string of the molecule is N#Cc1ccc(C(c2ccc(Cl)cc2)C2CC(NC(=O)c3ccc(OC(F)(F)F)cc3)CN2)cc1. The van der Waals surface area contributed by atoms with E-state index in [9.17, 15) is 18.0 Å². The molecule has 1 heterocycles. The molecule has 0 aliphatic carbocycles. The molecule has 35 heavy (non-hydrogen) atoms. The number of amides is 1. The van der Waals surface area contributed by atoms with E-state index < -0.39 is 6.36 Å². The minimum Gasteiger partial charge on any atom is -0.406 e. The number of hydrogen-bond acceptors (Lipinski definition) is 4. The minimum atomic E-state index is -4.79. The average Bonchev–Trinajstić information content (AvgIpc) is 3.28. The summed E-state index contributed by atoms with van der Waals surface area (Å²) >= 11 is 6.08. The molecule has 2 N–H and O–H groups in total. The molecule has 4 rings (SSSR count). The molecule has 180 valence electrons. The van der Waals surface area contributed by atoms with E-state index in [0.29, 0.717) is 23.6 Å². The van der Waals surface area contributed by atoms with Gasteiger partial charge in [-0.25, -0.2) is 0 Å². The maximum Gasteiger partial charge on any atom is 0.573 e. The number of nitriles is 1. The molecule has 5 nitrogen and oxygen atoms in total. The number of nitrogens with one attached hydrogen (secondary N) is 2. The molecule has 1 amide bonds. The second-order valence-electron chi connectivity index (χ2n) is 8.26. The summed E-state index contributed by atoms with van der Waals surface area (Å²) in [6.07, 6.45) is -4.15. The lowest BCUT2D eigenvalue weighted by atomic mass is 9.83. The summed E-state index contributed by atoms with van der Waals surface area (Å²) in [6, 6.07) is 21.7. The standard InChI is InChI=1S/C26H21ClF3N3O2/c27-20-9-5-18(6-10-20)24(17-3-1-16(14-31)2-4-17)23-13-21(15-32-23)33-25(34)19-7-11-22(12-8-19)35-26(28,29)30/h1-12,21,23-24,32H,13,15H2,(H,33,34). The van der Waals surface area contributed by atoms with Crippen LogP contribution >= 0.6 is 11.6 Å². The van der Waals surface area contributed by atoms with Crippen LogP contribution in [0.15, 0.2) is 72.8 Å². The second kappa shape index (κ2) is 10.4. The van der Waals surface area contributed by atoms with Gasteiger partial charge in [0.05, 0.1) is 11.6 Å². The largest absolute Gasteiger partial charge is 0.573 e. The van der Waals surface area contributed by atoms with E-state index in [2.05, 4.69) is 21.4 Å². The fourth-order valence-corrected chi connectivity index (χ4v) is 4.43. The molecule has 0 spiro atoms. The van der Waals surface area contributed by atoms with Gasteiger partial charge in [0.25, 0.3) is 5.91 Å². The van der Waals surface area contributed by atoms with Crippen molar-refractivity contribution in [3.05, 3.63) is 100 Å². The molecule has 1 saturated heterocycles. The van der Waals surface area contributed by atoms with Gasteiger partial charge in [0.1, 0.15) is 5.75 Å². The fourth-order valence-electron chi connectivity index (χ4n) is 4.30. The Labute approximate surface area is 205 Å². The average molecular weight is 500 g/mol. The predicted molar refractivity (Wildman–Crippen MR) is 125 cm³/mol. The number of nitrogens with zero attached hydrogens (tertiary/aromatic N) is 1. The first-order valence-electron chi connectivity index (χ1n) is 10.9. The van der Waals surface area contributed by atoms with E-state index in [1.807, 2.05) is 36.4 Å². The molecule has 0 radical (unpaired) electrons. The van der Waals surface area contributed by atoms with Crippen LogP contribution < -0.4 is 15.4 Å². The van der Waals surface area contributed by atoms with Crippen molar-refractivity contribution in [3.8, 4) is 11.8 Å². The fraction of sp³-hybridized carbons (Fsp3) is 0.231. The van der Waals surface area contributed by atoms with Gasteiger partial charge in [0, 0.05) is 35.1 Å². The van der Waals surface area contributed by atoms with Gasteiger partial charge in [0.2, 0.25) is 0 Å². The highest BCUT2D eigenvalue weighted by Crippen LogP contribution is 2.33. The van der Waals surface area contributed by atoms with Crippen molar-refractivity contribution < 1.29 is 22.7 Å². The maximum absolute atomic E-state index is 12.7. The lowest BCUT2D eigenvalue weighted by Gasteiger charge is -2.25. The molecule has 1 aliphatic rings. The van der Waals surface area contributed by atoms with Gasteiger partial charge in [-0.1, -0.05) is 35.9 Å². The molecule has 0 saturated carbocycles. The third-order valence-electron chi connectivity index (χ3n) is 5.88. The van der Waals surface area contributed by atoms with Crippen molar-refractivity contribution in [2.75, 3.05) is 6.54 Å². The monoisotopic (exact) mass is 499 g/mol. The Bertz CT molecular complexity index is 1210. The van der Waals surface area contributed by atoms with Gasteiger partial charge in [-0.2, -0.15) is 5.26 Å². The first kappa shape index (κ1) is 24.6. The molecular formula is C26H21ClF3N3O2. The highest BCUT2D eigenvalue weighted by molar-refractivity contribution is 6.30. The minimum absolute atomic E-state index is 0.00280. The summed E-state index contributed by atoms with van der Waals surface area (Å²) in [6.45, 7) is 0.534. The van der Waals surface area contributed by atoms with Gasteiger partial charge in [-0.15, -0.1) is 13.2 Å². The zero-order valence-electron chi connectivity index (χ0n) is 18.4. The zero-order chi connectivity index (χ0) is 25.0. The molecule has 1 fully saturated rings. The first-order chi connectivity index (χ1) is 16.7. The Morgan fingerprint density at radius 3 is 2.20 bits per heavy atom. The van der Waals surface area contributed by atoms with Crippen LogP contribution in [0.5, 0.6) is 5.75 Å². The summed E-state index contributed by atoms with van der Waals surface area (Å²) in [5.41, 5.74) is 2.88. The van der Waals surface area contributed by atoms with Gasteiger partial charge in [0.15, 0.2) is 0 Å². The molecule has 9 heteroatoms. The van der Waals surface area contributed by atoms with Crippen LogP contribution in [0.1, 0.15) is 39.4 Å². The molecule has 0 bridgehead atoms.